The molecule has 0 unspecified atom stereocenters. The maximum atomic E-state index is 5.49. The summed E-state index contributed by atoms with van der Waals surface area (Å²) in [6.07, 6.45) is 5.63. The first kappa shape index (κ1) is 9.19. The molecule has 0 saturated carbocycles. The van der Waals surface area contributed by atoms with Gasteiger partial charge in [0.25, 0.3) is 0 Å². The second kappa shape index (κ2) is 4.87. The number of alkyl halides is 1. The van der Waals surface area contributed by atoms with Crippen molar-refractivity contribution in [3.8, 4) is 0 Å². The minimum Gasteiger partial charge on any atom is -0.167 e. The van der Waals surface area contributed by atoms with Gasteiger partial charge >= 0.3 is 0 Å². The van der Waals surface area contributed by atoms with E-state index in [0.29, 0.717) is 5.88 Å². The third-order valence-corrected chi connectivity index (χ3v) is 1.51. The van der Waals surface area contributed by atoms with E-state index in [1.54, 1.807) is 7.05 Å². The van der Waals surface area contributed by atoms with Gasteiger partial charge < -0.3 is 0 Å². The van der Waals surface area contributed by atoms with Crippen molar-refractivity contribution in [2.24, 2.45) is 7.05 Å². The summed E-state index contributed by atoms with van der Waals surface area (Å²) in [5, 5.41) is 11.6. The predicted molar refractivity (Wildman–Crippen MR) is 47.0 cm³/mol. The third-order valence-electron chi connectivity index (χ3n) is 1.29. The zero-order chi connectivity index (χ0) is 8.81. The molecule has 4 nitrogen and oxygen atoms in total. The first-order valence-electron chi connectivity index (χ1n) is 3.77. The highest BCUT2D eigenvalue weighted by atomic mass is 35.5. The zero-order valence-corrected chi connectivity index (χ0v) is 7.70. The molecular formula is C7H11ClN4. The molecule has 1 rings (SSSR count). The standard InChI is InChI=1S/C7H11ClN4/c1-12-10-7(9-11-12)5-3-2-4-6-8/h2-3H,4-6H2,1H3/b3-2+. The van der Waals surface area contributed by atoms with Crippen LogP contribution in [0.25, 0.3) is 0 Å². The fourth-order valence-electron chi connectivity index (χ4n) is 0.775. The van der Waals surface area contributed by atoms with Crippen molar-refractivity contribution in [1.82, 2.24) is 20.2 Å². The smallest absolute Gasteiger partial charge is 0.167 e. The maximum absolute atomic E-state index is 5.49. The van der Waals surface area contributed by atoms with Crippen LogP contribution in [0.3, 0.4) is 0 Å². The number of allylic oxidation sites excluding steroid dienone is 2. The van der Waals surface area contributed by atoms with Gasteiger partial charge in [0.2, 0.25) is 0 Å². The number of hydrogen-bond acceptors (Lipinski definition) is 3. The summed E-state index contributed by atoms with van der Waals surface area (Å²) in [7, 11) is 1.75. The molecule has 0 saturated heterocycles. The average Bonchev–Trinajstić information content (AvgIpc) is 2.45. The Labute approximate surface area is 76.2 Å². The fraction of sp³-hybridized carbons (Fsp3) is 0.571. The Bertz CT molecular complexity index is 256. The zero-order valence-electron chi connectivity index (χ0n) is 6.94. The molecule has 0 aliphatic heterocycles. The molecule has 0 fully saturated rings. The summed E-state index contributed by atoms with van der Waals surface area (Å²) in [6.45, 7) is 0. The van der Waals surface area contributed by atoms with Gasteiger partial charge in [0.15, 0.2) is 5.82 Å². The monoisotopic (exact) mass is 186 g/mol. The van der Waals surface area contributed by atoms with Crippen molar-refractivity contribution in [1.29, 1.82) is 0 Å². The van der Waals surface area contributed by atoms with Crippen molar-refractivity contribution in [3.63, 3.8) is 0 Å². The van der Waals surface area contributed by atoms with E-state index in [4.69, 9.17) is 11.6 Å². The summed E-state index contributed by atoms with van der Waals surface area (Å²) in [5.74, 6) is 1.40. The molecule has 0 aliphatic rings. The van der Waals surface area contributed by atoms with Gasteiger partial charge in [0.05, 0.1) is 7.05 Å². The van der Waals surface area contributed by atoms with E-state index < -0.39 is 0 Å². The van der Waals surface area contributed by atoms with Gasteiger partial charge in [-0.05, 0) is 11.6 Å². The normalized spacial score (nSPS) is 11.2. The fourth-order valence-corrected chi connectivity index (χ4v) is 0.901. The number of aryl methyl sites for hydroxylation is 1. The van der Waals surface area contributed by atoms with E-state index in [2.05, 4.69) is 15.4 Å². The summed E-state index contributed by atoms with van der Waals surface area (Å²) < 4.78 is 0. The van der Waals surface area contributed by atoms with Crippen LogP contribution >= 0.6 is 11.6 Å². The molecule has 0 amide bonds. The van der Waals surface area contributed by atoms with Crippen LogP contribution in [-0.4, -0.2) is 26.1 Å². The molecule has 0 aromatic carbocycles. The molecule has 1 heterocycles. The average molecular weight is 187 g/mol. The van der Waals surface area contributed by atoms with E-state index in [0.717, 1.165) is 18.7 Å². The number of tetrazole rings is 1. The Morgan fingerprint density at radius 2 is 2.33 bits per heavy atom. The maximum Gasteiger partial charge on any atom is 0.178 e. The lowest BCUT2D eigenvalue weighted by Gasteiger charge is -1.84. The highest BCUT2D eigenvalue weighted by Gasteiger charge is 1.94. The molecule has 1 aromatic heterocycles. The lowest BCUT2D eigenvalue weighted by Crippen LogP contribution is -1.92. The highest BCUT2D eigenvalue weighted by molar-refractivity contribution is 6.17. The SMILES string of the molecule is Cn1nnc(C/C=C/CCCl)n1. The van der Waals surface area contributed by atoms with Crippen molar-refractivity contribution in [2.75, 3.05) is 5.88 Å². The Hall–Kier alpha value is -0.900. The third kappa shape index (κ3) is 3.00. The second-order valence-electron chi connectivity index (χ2n) is 2.35. The molecule has 12 heavy (non-hydrogen) atoms. The molecule has 0 spiro atoms. The van der Waals surface area contributed by atoms with Crippen LogP contribution in [0.15, 0.2) is 12.2 Å². The number of nitrogens with zero attached hydrogens (tertiary/aromatic N) is 4. The van der Waals surface area contributed by atoms with Gasteiger partial charge in [-0.2, -0.15) is 4.80 Å². The number of aromatic nitrogens is 4. The predicted octanol–water partition coefficient (Wildman–Crippen LogP) is 0.938. The van der Waals surface area contributed by atoms with Gasteiger partial charge in [-0.1, -0.05) is 12.2 Å². The van der Waals surface area contributed by atoms with Crippen LogP contribution in [0.2, 0.25) is 0 Å². The van der Waals surface area contributed by atoms with E-state index in [1.807, 2.05) is 12.2 Å². The number of rotatable bonds is 4. The Balaban J connectivity index is 2.33. The summed E-state index contributed by atoms with van der Waals surface area (Å²) >= 11 is 5.49. The van der Waals surface area contributed by atoms with Crippen molar-refractivity contribution in [3.05, 3.63) is 18.0 Å². The van der Waals surface area contributed by atoms with Crippen molar-refractivity contribution >= 4 is 11.6 Å². The summed E-state index contributed by atoms with van der Waals surface area (Å²) in [6, 6.07) is 0. The first-order valence-corrected chi connectivity index (χ1v) is 4.30. The van der Waals surface area contributed by atoms with Crippen LogP contribution in [0.5, 0.6) is 0 Å². The Morgan fingerprint density at radius 1 is 1.50 bits per heavy atom. The quantitative estimate of drug-likeness (QED) is 0.519. The largest absolute Gasteiger partial charge is 0.178 e. The van der Waals surface area contributed by atoms with Crippen LogP contribution in [0.1, 0.15) is 12.2 Å². The van der Waals surface area contributed by atoms with Gasteiger partial charge in [0.1, 0.15) is 0 Å². The van der Waals surface area contributed by atoms with E-state index in [-0.39, 0.29) is 0 Å². The number of halogens is 1. The molecule has 0 atom stereocenters. The van der Waals surface area contributed by atoms with Crippen LogP contribution in [0, 0.1) is 0 Å². The lowest BCUT2D eigenvalue weighted by atomic mass is 10.3. The van der Waals surface area contributed by atoms with Gasteiger partial charge in [0, 0.05) is 12.3 Å². The molecule has 0 radical (unpaired) electrons. The van der Waals surface area contributed by atoms with Crippen LogP contribution in [-0.2, 0) is 13.5 Å². The summed E-state index contributed by atoms with van der Waals surface area (Å²) in [5.41, 5.74) is 0. The Morgan fingerprint density at radius 3 is 2.92 bits per heavy atom. The van der Waals surface area contributed by atoms with Gasteiger partial charge in [-0.3, -0.25) is 0 Å². The molecule has 66 valence electrons. The van der Waals surface area contributed by atoms with Crippen LogP contribution in [0.4, 0.5) is 0 Å². The molecule has 1 aromatic rings. The number of hydrogen-bond donors (Lipinski definition) is 0. The second-order valence-corrected chi connectivity index (χ2v) is 2.73. The minimum absolute atomic E-state index is 0.657. The summed E-state index contributed by atoms with van der Waals surface area (Å²) in [4.78, 5) is 1.45. The first-order chi connectivity index (χ1) is 5.83. The molecular weight excluding hydrogens is 176 g/mol. The lowest BCUT2D eigenvalue weighted by molar-refractivity contribution is 0.628. The van der Waals surface area contributed by atoms with Crippen LogP contribution < -0.4 is 0 Å². The molecule has 0 bridgehead atoms. The van der Waals surface area contributed by atoms with E-state index in [9.17, 15) is 0 Å². The van der Waals surface area contributed by atoms with Crippen molar-refractivity contribution < 1.29 is 0 Å². The minimum atomic E-state index is 0.657. The molecule has 0 aliphatic carbocycles. The van der Waals surface area contributed by atoms with Crippen molar-refractivity contribution in [2.45, 2.75) is 12.8 Å². The van der Waals surface area contributed by atoms with E-state index in [1.165, 1.54) is 4.80 Å². The topological polar surface area (TPSA) is 43.6 Å². The molecule has 0 N–H and O–H groups in total. The Kier molecular flexibility index (Phi) is 3.73. The molecule has 5 heteroatoms. The van der Waals surface area contributed by atoms with E-state index >= 15 is 0 Å². The van der Waals surface area contributed by atoms with Gasteiger partial charge in [-0.15, -0.1) is 21.8 Å². The highest BCUT2D eigenvalue weighted by Crippen LogP contribution is 1.92. The van der Waals surface area contributed by atoms with Gasteiger partial charge in [-0.25, -0.2) is 0 Å².